The van der Waals surface area contributed by atoms with Gasteiger partial charge in [-0.1, -0.05) is 12.1 Å². The van der Waals surface area contributed by atoms with Gasteiger partial charge in [-0.15, -0.1) is 0 Å². The van der Waals surface area contributed by atoms with Gasteiger partial charge in [0.05, 0.1) is 6.54 Å². The number of nitrogens with zero attached hydrogens (tertiary/aromatic N) is 2. The molecule has 0 saturated carbocycles. The summed E-state index contributed by atoms with van der Waals surface area (Å²) >= 11 is 0. The molecule has 2 rings (SSSR count). The summed E-state index contributed by atoms with van der Waals surface area (Å²) in [6.07, 6.45) is 2.62. The van der Waals surface area contributed by atoms with Crippen LogP contribution < -0.4 is 5.32 Å². The van der Waals surface area contributed by atoms with Crippen molar-refractivity contribution in [1.82, 2.24) is 15.5 Å². The first kappa shape index (κ1) is 13.5. The van der Waals surface area contributed by atoms with Crippen LogP contribution in [-0.2, 0) is 21.6 Å². The van der Waals surface area contributed by atoms with Crippen LogP contribution >= 0.6 is 0 Å². The number of nitrogens with one attached hydrogen (secondary N) is 1. The molecule has 0 aromatic carbocycles. The highest BCUT2D eigenvalue weighted by molar-refractivity contribution is 5.03. The van der Waals surface area contributed by atoms with Gasteiger partial charge in [0.15, 0.2) is 0 Å². The summed E-state index contributed by atoms with van der Waals surface area (Å²) in [6, 6.07) is 0. The molecule has 1 saturated heterocycles. The third-order valence-corrected chi connectivity index (χ3v) is 3.27. The molecule has 1 fully saturated rings. The lowest BCUT2D eigenvalue weighted by Gasteiger charge is -2.32. The standard InChI is InChI=1S/C12H21N3O3/c1-3-6-13-9-10-14-11(15-18-10)12(16-2)4-7-17-8-5-12/h13H,3-9H2,1-2H3. The number of aromatic nitrogens is 2. The van der Waals surface area contributed by atoms with Gasteiger partial charge in [-0.05, 0) is 13.0 Å². The van der Waals surface area contributed by atoms with Crippen molar-refractivity contribution < 1.29 is 14.0 Å². The van der Waals surface area contributed by atoms with E-state index >= 15 is 0 Å². The fourth-order valence-electron chi connectivity index (χ4n) is 2.10. The maximum Gasteiger partial charge on any atom is 0.240 e. The van der Waals surface area contributed by atoms with Gasteiger partial charge in [0, 0.05) is 33.2 Å². The highest BCUT2D eigenvalue weighted by Crippen LogP contribution is 2.33. The van der Waals surface area contributed by atoms with E-state index in [1.807, 2.05) is 0 Å². The van der Waals surface area contributed by atoms with Crippen LogP contribution in [0.1, 0.15) is 37.9 Å². The maximum atomic E-state index is 5.62. The lowest BCUT2D eigenvalue weighted by atomic mass is 9.93. The van der Waals surface area contributed by atoms with Crippen LogP contribution in [0.25, 0.3) is 0 Å². The minimum atomic E-state index is -0.440. The third-order valence-electron chi connectivity index (χ3n) is 3.27. The molecule has 0 radical (unpaired) electrons. The van der Waals surface area contributed by atoms with Gasteiger partial charge < -0.3 is 19.3 Å². The van der Waals surface area contributed by atoms with Crippen LogP contribution in [0.4, 0.5) is 0 Å². The van der Waals surface area contributed by atoms with Gasteiger partial charge in [0.25, 0.3) is 0 Å². The van der Waals surface area contributed by atoms with E-state index in [-0.39, 0.29) is 0 Å². The van der Waals surface area contributed by atoms with Crippen LogP contribution in [-0.4, -0.2) is 37.0 Å². The monoisotopic (exact) mass is 255 g/mol. The Balaban J connectivity index is 2.02. The minimum Gasteiger partial charge on any atom is -0.381 e. The Kier molecular flexibility index (Phi) is 4.68. The molecular weight excluding hydrogens is 234 g/mol. The fraction of sp³-hybridized carbons (Fsp3) is 0.833. The second-order valence-corrected chi connectivity index (χ2v) is 4.50. The fourth-order valence-corrected chi connectivity index (χ4v) is 2.10. The zero-order chi connectivity index (χ0) is 12.8. The first-order valence-electron chi connectivity index (χ1n) is 6.47. The molecule has 1 aromatic heterocycles. The maximum absolute atomic E-state index is 5.62. The van der Waals surface area contributed by atoms with Gasteiger partial charge >= 0.3 is 0 Å². The molecule has 0 aliphatic carbocycles. The molecule has 102 valence electrons. The van der Waals surface area contributed by atoms with Crippen LogP contribution in [0.2, 0.25) is 0 Å². The van der Waals surface area contributed by atoms with Crippen molar-refractivity contribution in [2.45, 2.75) is 38.3 Å². The molecule has 1 aromatic rings. The Morgan fingerprint density at radius 1 is 1.39 bits per heavy atom. The molecule has 6 nitrogen and oxygen atoms in total. The van der Waals surface area contributed by atoms with Crippen molar-refractivity contribution >= 4 is 0 Å². The molecule has 0 unspecified atom stereocenters. The smallest absolute Gasteiger partial charge is 0.240 e. The molecule has 1 aliphatic heterocycles. The second-order valence-electron chi connectivity index (χ2n) is 4.50. The first-order valence-corrected chi connectivity index (χ1v) is 6.47. The van der Waals surface area contributed by atoms with Crippen molar-refractivity contribution in [2.24, 2.45) is 0 Å². The zero-order valence-corrected chi connectivity index (χ0v) is 11.1. The lowest BCUT2D eigenvalue weighted by Crippen LogP contribution is -2.36. The lowest BCUT2D eigenvalue weighted by molar-refractivity contribution is -0.101. The van der Waals surface area contributed by atoms with Crippen molar-refractivity contribution in [1.29, 1.82) is 0 Å². The summed E-state index contributed by atoms with van der Waals surface area (Å²) in [5.41, 5.74) is -0.440. The van der Waals surface area contributed by atoms with Crippen molar-refractivity contribution in [3.8, 4) is 0 Å². The number of hydrogen-bond donors (Lipinski definition) is 1. The van der Waals surface area contributed by atoms with E-state index in [1.54, 1.807) is 7.11 Å². The average Bonchev–Trinajstić information content (AvgIpc) is 2.89. The third kappa shape index (κ3) is 2.88. The van der Waals surface area contributed by atoms with E-state index < -0.39 is 5.60 Å². The van der Waals surface area contributed by atoms with Crippen molar-refractivity contribution in [3.05, 3.63) is 11.7 Å². The second kappa shape index (κ2) is 6.26. The molecule has 6 heteroatoms. The van der Waals surface area contributed by atoms with E-state index in [9.17, 15) is 0 Å². The summed E-state index contributed by atoms with van der Waals surface area (Å²) in [5.74, 6) is 1.25. The molecule has 0 spiro atoms. The van der Waals surface area contributed by atoms with Crippen molar-refractivity contribution in [2.75, 3.05) is 26.9 Å². The van der Waals surface area contributed by atoms with E-state index in [2.05, 4.69) is 22.4 Å². The molecule has 1 N–H and O–H groups in total. The molecule has 18 heavy (non-hydrogen) atoms. The topological polar surface area (TPSA) is 69.4 Å². The Hall–Kier alpha value is -0.980. The summed E-state index contributed by atoms with van der Waals surface area (Å²) in [7, 11) is 1.69. The van der Waals surface area contributed by atoms with Crippen LogP contribution in [0.15, 0.2) is 4.52 Å². The van der Waals surface area contributed by atoms with E-state index in [0.29, 0.717) is 31.5 Å². The molecule has 0 atom stereocenters. The van der Waals surface area contributed by atoms with Gasteiger partial charge in [-0.25, -0.2) is 0 Å². The van der Waals surface area contributed by atoms with Crippen LogP contribution in [0.3, 0.4) is 0 Å². The zero-order valence-electron chi connectivity index (χ0n) is 11.1. The molecule has 0 amide bonds. The molecular formula is C12H21N3O3. The van der Waals surface area contributed by atoms with Gasteiger partial charge in [-0.2, -0.15) is 4.98 Å². The van der Waals surface area contributed by atoms with E-state index in [0.717, 1.165) is 25.8 Å². The largest absolute Gasteiger partial charge is 0.381 e. The average molecular weight is 255 g/mol. The normalized spacial score (nSPS) is 19.0. The predicted molar refractivity (Wildman–Crippen MR) is 65.0 cm³/mol. The van der Waals surface area contributed by atoms with E-state index in [4.69, 9.17) is 14.0 Å². The van der Waals surface area contributed by atoms with Crippen LogP contribution in [0.5, 0.6) is 0 Å². The minimum absolute atomic E-state index is 0.440. The number of ether oxygens (including phenoxy) is 2. The van der Waals surface area contributed by atoms with Gasteiger partial charge in [0.2, 0.25) is 11.7 Å². The number of methoxy groups -OCH3 is 1. The highest BCUT2D eigenvalue weighted by Gasteiger charge is 2.39. The molecule has 1 aliphatic rings. The molecule has 0 bridgehead atoms. The first-order chi connectivity index (χ1) is 8.80. The highest BCUT2D eigenvalue weighted by atomic mass is 16.5. The van der Waals surface area contributed by atoms with Gasteiger partial charge in [-0.3, -0.25) is 0 Å². The van der Waals surface area contributed by atoms with Crippen molar-refractivity contribution in [3.63, 3.8) is 0 Å². The summed E-state index contributed by atoms with van der Waals surface area (Å²) in [6.45, 7) is 5.02. The Morgan fingerprint density at radius 3 is 2.83 bits per heavy atom. The summed E-state index contributed by atoms with van der Waals surface area (Å²) in [5, 5.41) is 7.29. The summed E-state index contributed by atoms with van der Waals surface area (Å²) in [4.78, 5) is 4.43. The Labute approximate surface area is 107 Å². The van der Waals surface area contributed by atoms with E-state index in [1.165, 1.54) is 0 Å². The molecule has 2 heterocycles. The van der Waals surface area contributed by atoms with Crippen LogP contribution in [0, 0.1) is 0 Å². The Morgan fingerprint density at radius 2 is 2.17 bits per heavy atom. The quantitative estimate of drug-likeness (QED) is 0.771. The Bertz CT molecular complexity index is 361. The number of hydrogen-bond acceptors (Lipinski definition) is 6. The number of rotatable bonds is 6. The van der Waals surface area contributed by atoms with Gasteiger partial charge in [0.1, 0.15) is 5.60 Å². The predicted octanol–water partition coefficient (Wildman–Crippen LogP) is 1.22. The summed E-state index contributed by atoms with van der Waals surface area (Å²) < 4.78 is 16.2. The SMILES string of the molecule is CCCNCc1nc(C2(OC)CCOCC2)no1.